The highest BCUT2D eigenvalue weighted by Gasteiger charge is 2.34. The molecule has 1 N–H and O–H groups in total. The summed E-state index contributed by atoms with van der Waals surface area (Å²) in [7, 11) is 1.67. The summed E-state index contributed by atoms with van der Waals surface area (Å²) in [6.45, 7) is 1.99. The van der Waals surface area contributed by atoms with E-state index in [2.05, 4.69) is 10.1 Å². The van der Waals surface area contributed by atoms with Gasteiger partial charge in [0.2, 0.25) is 5.82 Å². The van der Waals surface area contributed by atoms with E-state index in [4.69, 9.17) is 21.2 Å². The molecule has 6 nitrogen and oxygen atoms in total. The molecule has 0 fully saturated rings. The minimum absolute atomic E-state index is 0.0654. The van der Waals surface area contributed by atoms with Gasteiger partial charge in [-0.3, -0.25) is 9.69 Å². The van der Waals surface area contributed by atoms with E-state index < -0.39 is 17.7 Å². The molecular weight excluding hydrogens is 495 g/mol. The molecule has 1 heterocycles. The molecule has 36 heavy (non-hydrogen) atoms. The highest BCUT2D eigenvalue weighted by atomic mass is 35.5. The first-order valence-electron chi connectivity index (χ1n) is 10.8. The zero-order valence-corrected chi connectivity index (χ0v) is 20.1. The van der Waals surface area contributed by atoms with Gasteiger partial charge in [0.25, 0.3) is 5.89 Å². The fraction of sp³-hybridized carbons (Fsp3) is 0.192. The molecule has 0 radical (unpaired) electrons. The van der Waals surface area contributed by atoms with Gasteiger partial charge in [0.15, 0.2) is 0 Å². The number of benzene rings is 3. The maximum Gasteiger partial charge on any atom is 0.417 e. The van der Waals surface area contributed by atoms with Crippen LogP contribution in [0.5, 0.6) is 0 Å². The first-order valence-corrected chi connectivity index (χ1v) is 11.2. The van der Waals surface area contributed by atoms with E-state index in [1.165, 1.54) is 12.1 Å². The second kappa shape index (κ2) is 10.1. The average molecular weight is 516 g/mol. The maximum atomic E-state index is 14.0. The number of carbonyl (C=O) groups is 1. The molecule has 0 bridgehead atoms. The second-order valence-electron chi connectivity index (χ2n) is 8.38. The molecule has 0 aliphatic rings. The number of rotatable bonds is 7. The van der Waals surface area contributed by atoms with Crippen LogP contribution < -0.4 is 0 Å². The number of alkyl halides is 3. The highest BCUT2D eigenvalue weighted by molar-refractivity contribution is 6.33. The monoisotopic (exact) mass is 515 g/mol. The number of carboxylic acids is 1. The van der Waals surface area contributed by atoms with Crippen molar-refractivity contribution in [3.05, 3.63) is 82.4 Å². The van der Waals surface area contributed by atoms with Gasteiger partial charge in [-0.25, -0.2) is 0 Å². The first-order chi connectivity index (χ1) is 17.0. The minimum Gasteiger partial charge on any atom is -0.480 e. The summed E-state index contributed by atoms with van der Waals surface area (Å²) in [5.41, 5.74) is 1.81. The van der Waals surface area contributed by atoms with E-state index in [-0.39, 0.29) is 29.4 Å². The number of aliphatic carboxylic acids is 1. The molecule has 4 rings (SSSR count). The fourth-order valence-electron chi connectivity index (χ4n) is 3.91. The van der Waals surface area contributed by atoms with Crippen molar-refractivity contribution in [1.29, 1.82) is 0 Å². The number of hydrogen-bond donors (Lipinski definition) is 1. The van der Waals surface area contributed by atoms with Crippen LogP contribution in [0.15, 0.2) is 65.2 Å². The summed E-state index contributed by atoms with van der Waals surface area (Å²) >= 11 is 6.39. The largest absolute Gasteiger partial charge is 0.480 e. The van der Waals surface area contributed by atoms with Crippen LogP contribution >= 0.6 is 11.6 Å². The Morgan fingerprint density at radius 1 is 1.06 bits per heavy atom. The van der Waals surface area contributed by atoms with Crippen LogP contribution in [-0.2, 0) is 17.5 Å². The van der Waals surface area contributed by atoms with Gasteiger partial charge < -0.3 is 9.63 Å². The highest BCUT2D eigenvalue weighted by Crippen LogP contribution is 2.40. The van der Waals surface area contributed by atoms with Crippen LogP contribution in [0.1, 0.15) is 16.7 Å². The average Bonchev–Trinajstić information content (AvgIpc) is 3.28. The SMILES string of the molecule is Cc1ccccc1-c1ccc(-c2nc(-c3ccc(CN(C)CC(=O)O)cc3Cl)no2)cc1C(F)(F)F. The zero-order valence-electron chi connectivity index (χ0n) is 19.3. The summed E-state index contributed by atoms with van der Waals surface area (Å²) in [4.78, 5) is 16.7. The van der Waals surface area contributed by atoms with Crippen molar-refractivity contribution in [2.45, 2.75) is 19.6 Å². The molecule has 0 aliphatic carbocycles. The molecule has 186 valence electrons. The minimum atomic E-state index is -4.59. The number of likely N-dealkylation sites (N-methyl/N-ethyl adjacent to an activating group) is 1. The van der Waals surface area contributed by atoms with Gasteiger partial charge in [0.1, 0.15) is 0 Å². The number of nitrogens with zero attached hydrogens (tertiary/aromatic N) is 3. The van der Waals surface area contributed by atoms with Gasteiger partial charge in [-0.2, -0.15) is 18.2 Å². The Bertz CT molecular complexity index is 1420. The van der Waals surface area contributed by atoms with Crippen molar-refractivity contribution in [3.8, 4) is 34.0 Å². The van der Waals surface area contributed by atoms with Gasteiger partial charge in [-0.15, -0.1) is 0 Å². The van der Waals surface area contributed by atoms with E-state index in [9.17, 15) is 18.0 Å². The third-order valence-corrected chi connectivity index (χ3v) is 5.88. The Kier molecular flexibility index (Phi) is 7.14. The number of aryl methyl sites for hydroxylation is 1. The molecule has 1 aromatic heterocycles. The van der Waals surface area contributed by atoms with Gasteiger partial charge in [0.05, 0.1) is 17.1 Å². The predicted octanol–water partition coefficient (Wildman–Crippen LogP) is 6.57. The molecule has 10 heteroatoms. The third kappa shape index (κ3) is 5.58. The summed E-state index contributed by atoms with van der Waals surface area (Å²) < 4.78 is 47.2. The Labute approximate surface area is 209 Å². The third-order valence-electron chi connectivity index (χ3n) is 5.57. The number of carboxylic acid groups (broad SMARTS) is 1. The summed E-state index contributed by atoms with van der Waals surface area (Å²) in [5, 5.41) is 13.1. The van der Waals surface area contributed by atoms with E-state index in [1.54, 1.807) is 61.3 Å². The lowest BCUT2D eigenvalue weighted by Crippen LogP contribution is -2.25. The van der Waals surface area contributed by atoms with Crippen LogP contribution in [-0.4, -0.2) is 39.7 Å². The molecule has 0 aliphatic heterocycles. The van der Waals surface area contributed by atoms with Crippen LogP contribution in [0, 0.1) is 6.92 Å². The molecule has 0 atom stereocenters. The van der Waals surface area contributed by atoms with Gasteiger partial charge in [-0.05, 0) is 60.5 Å². The van der Waals surface area contributed by atoms with E-state index in [1.807, 2.05) is 0 Å². The standard InChI is InChI=1S/C26H21ClF3N3O3/c1-15-5-3-4-6-18(15)19-10-8-17(12-21(19)26(28,29)30)25-31-24(32-36-25)20-9-7-16(11-22(20)27)13-33(2)14-23(34)35/h3-12H,13-14H2,1-2H3,(H,34,35). The van der Waals surface area contributed by atoms with Gasteiger partial charge in [-0.1, -0.05) is 53.2 Å². The Balaban J connectivity index is 1.65. The number of hydrogen-bond acceptors (Lipinski definition) is 5. The Hall–Kier alpha value is -3.69. The van der Waals surface area contributed by atoms with Crippen LogP contribution in [0.3, 0.4) is 0 Å². The topological polar surface area (TPSA) is 79.5 Å². The fourth-order valence-corrected chi connectivity index (χ4v) is 4.20. The Morgan fingerprint density at radius 3 is 2.44 bits per heavy atom. The maximum absolute atomic E-state index is 14.0. The normalized spacial score (nSPS) is 11.8. The second-order valence-corrected chi connectivity index (χ2v) is 8.78. The molecule has 0 amide bonds. The molecule has 0 spiro atoms. The van der Waals surface area contributed by atoms with Crippen LogP contribution in [0.4, 0.5) is 13.2 Å². The lowest BCUT2D eigenvalue weighted by molar-refractivity contribution is -0.138. The molecule has 0 unspecified atom stereocenters. The van der Waals surface area contributed by atoms with Crippen molar-refractivity contribution in [2.24, 2.45) is 0 Å². The van der Waals surface area contributed by atoms with Crippen molar-refractivity contribution in [1.82, 2.24) is 15.0 Å². The molecule has 3 aromatic carbocycles. The van der Waals surface area contributed by atoms with E-state index >= 15 is 0 Å². The van der Waals surface area contributed by atoms with Crippen molar-refractivity contribution < 1.29 is 27.6 Å². The smallest absolute Gasteiger partial charge is 0.417 e. The van der Waals surface area contributed by atoms with E-state index in [0.29, 0.717) is 22.7 Å². The molecule has 4 aromatic rings. The van der Waals surface area contributed by atoms with Crippen LogP contribution in [0.25, 0.3) is 34.0 Å². The molecular formula is C26H21ClF3N3O3. The quantitative estimate of drug-likeness (QED) is 0.300. The number of halogens is 4. The lowest BCUT2D eigenvalue weighted by Gasteiger charge is -2.15. The number of aromatic nitrogens is 2. The van der Waals surface area contributed by atoms with Crippen molar-refractivity contribution in [2.75, 3.05) is 13.6 Å². The lowest BCUT2D eigenvalue weighted by atomic mass is 9.94. The van der Waals surface area contributed by atoms with E-state index in [0.717, 1.165) is 17.2 Å². The molecule has 0 saturated carbocycles. The van der Waals surface area contributed by atoms with Crippen molar-refractivity contribution >= 4 is 17.6 Å². The van der Waals surface area contributed by atoms with Gasteiger partial charge in [0, 0.05) is 17.7 Å². The van der Waals surface area contributed by atoms with Crippen molar-refractivity contribution in [3.63, 3.8) is 0 Å². The summed E-state index contributed by atoms with van der Waals surface area (Å²) in [6, 6.07) is 15.8. The molecule has 0 saturated heterocycles. The summed E-state index contributed by atoms with van der Waals surface area (Å²) in [6.07, 6.45) is -4.59. The Morgan fingerprint density at radius 2 is 1.78 bits per heavy atom. The summed E-state index contributed by atoms with van der Waals surface area (Å²) in [5.74, 6) is -0.898. The predicted molar refractivity (Wildman–Crippen MR) is 129 cm³/mol. The first kappa shape index (κ1) is 25.4. The zero-order chi connectivity index (χ0) is 26.0. The van der Waals surface area contributed by atoms with Gasteiger partial charge >= 0.3 is 12.1 Å². The van der Waals surface area contributed by atoms with Crippen LogP contribution in [0.2, 0.25) is 5.02 Å².